The SMILES string of the molecule is CCCCCCCCCC(=O)NC(COC(=O)NS(=O)(=O)OC[C@H]1O[C@@H](n2ccc(=O)[nH]c2=O)[C@@H]2OC(C)(C)O[C@@H]21)Cc1ccccc1. The Morgan fingerprint density at radius 3 is 2.40 bits per heavy atom. The summed E-state index contributed by atoms with van der Waals surface area (Å²) in [4.78, 5) is 51.3. The smallest absolute Gasteiger partial charge is 0.422 e. The Hall–Kier alpha value is -3.57. The number of nitrogens with zero attached hydrogens (tertiary/aromatic N) is 1. The van der Waals surface area contributed by atoms with Crippen molar-refractivity contribution in [3.63, 3.8) is 0 Å². The molecule has 0 saturated carbocycles. The highest BCUT2D eigenvalue weighted by atomic mass is 32.2. The zero-order chi connectivity index (χ0) is 34.7. The molecule has 1 aromatic heterocycles. The van der Waals surface area contributed by atoms with Crippen LogP contribution in [-0.2, 0) is 44.7 Å². The summed E-state index contributed by atoms with van der Waals surface area (Å²) in [6, 6.07) is 9.86. The molecule has 2 aliphatic rings. The predicted molar refractivity (Wildman–Crippen MR) is 173 cm³/mol. The van der Waals surface area contributed by atoms with Gasteiger partial charge in [0.2, 0.25) is 5.91 Å². The minimum Gasteiger partial charge on any atom is -0.447 e. The first-order valence-corrected chi connectivity index (χ1v) is 17.8. The second-order valence-electron chi connectivity index (χ2n) is 12.4. The summed E-state index contributed by atoms with van der Waals surface area (Å²) in [7, 11) is -4.68. The minimum absolute atomic E-state index is 0.178. The number of amides is 2. The van der Waals surface area contributed by atoms with Gasteiger partial charge in [0.1, 0.15) is 24.9 Å². The van der Waals surface area contributed by atoms with E-state index in [0.717, 1.165) is 41.9 Å². The van der Waals surface area contributed by atoms with Gasteiger partial charge in [-0.2, -0.15) is 13.1 Å². The molecule has 15 nitrogen and oxygen atoms in total. The number of hydrogen-bond acceptors (Lipinski definition) is 11. The third-order valence-corrected chi connectivity index (χ3v) is 8.82. The summed E-state index contributed by atoms with van der Waals surface area (Å²) in [5.41, 5.74) is -0.453. The van der Waals surface area contributed by atoms with E-state index in [1.807, 2.05) is 30.3 Å². The molecular formula is C32H46N4O11S. The van der Waals surface area contributed by atoms with Crippen molar-refractivity contribution in [2.75, 3.05) is 13.2 Å². The van der Waals surface area contributed by atoms with Crippen LogP contribution in [0.1, 0.15) is 83.9 Å². The molecule has 5 atom stereocenters. The lowest BCUT2D eigenvalue weighted by atomic mass is 10.1. The van der Waals surface area contributed by atoms with Crippen LogP contribution in [-0.4, -0.2) is 73.3 Å². The Morgan fingerprint density at radius 1 is 1.00 bits per heavy atom. The van der Waals surface area contributed by atoms with E-state index in [0.29, 0.717) is 12.8 Å². The minimum atomic E-state index is -4.68. The Morgan fingerprint density at radius 2 is 1.69 bits per heavy atom. The Labute approximate surface area is 279 Å². The van der Waals surface area contributed by atoms with Crippen LogP contribution >= 0.6 is 0 Å². The zero-order valence-corrected chi connectivity index (χ0v) is 28.4. The Kier molecular flexibility index (Phi) is 13.3. The molecule has 4 rings (SSSR count). The molecule has 2 fully saturated rings. The maximum absolute atomic E-state index is 12.7. The Balaban J connectivity index is 1.29. The van der Waals surface area contributed by atoms with Crippen LogP contribution in [0, 0.1) is 0 Å². The number of benzene rings is 1. The number of aromatic amines is 1. The average Bonchev–Trinajstić information content (AvgIpc) is 3.51. The van der Waals surface area contributed by atoms with Crippen LogP contribution < -0.4 is 21.3 Å². The molecule has 0 aliphatic carbocycles. The van der Waals surface area contributed by atoms with Crippen molar-refractivity contribution in [1.82, 2.24) is 19.6 Å². The van der Waals surface area contributed by atoms with Gasteiger partial charge in [-0.15, -0.1) is 0 Å². The lowest BCUT2D eigenvalue weighted by Crippen LogP contribution is -2.42. The summed E-state index contributed by atoms with van der Waals surface area (Å²) in [6.45, 7) is 4.58. The molecule has 1 unspecified atom stereocenters. The zero-order valence-electron chi connectivity index (χ0n) is 27.6. The second-order valence-corrected chi connectivity index (χ2v) is 13.8. The number of carbonyl (C=O) groups is 2. The van der Waals surface area contributed by atoms with Crippen molar-refractivity contribution in [2.45, 2.75) is 115 Å². The molecule has 0 spiro atoms. The highest BCUT2D eigenvalue weighted by molar-refractivity contribution is 7.85. The van der Waals surface area contributed by atoms with E-state index in [4.69, 9.17) is 23.1 Å². The maximum Gasteiger partial charge on any atom is 0.422 e. The number of unbranched alkanes of at least 4 members (excludes halogenated alkanes) is 6. The summed E-state index contributed by atoms with van der Waals surface area (Å²) in [6.07, 6.45) is 4.38. The van der Waals surface area contributed by atoms with Gasteiger partial charge < -0.3 is 24.3 Å². The standard InChI is InChI=1S/C32H46N4O11S/c1-4-5-6-7-8-9-13-16-25(37)33-23(19-22-14-11-10-12-15-22)20-43-31(40)35-48(41,42)44-21-24-27-28(47-32(2,3)46-27)29(45-24)36-18-17-26(38)34-30(36)39/h10-12,14-15,17-18,23-24,27-29H,4-9,13,16,19-21H2,1-3H3,(H,33,37)(H,35,40)(H,34,38,39)/t23?,24-,27-,28-,29-/m1/s1. The van der Waals surface area contributed by atoms with Gasteiger partial charge in [-0.05, 0) is 32.3 Å². The van der Waals surface area contributed by atoms with Gasteiger partial charge in [0.15, 0.2) is 12.0 Å². The molecule has 48 heavy (non-hydrogen) atoms. The van der Waals surface area contributed by atoms with Crippen LogP contribution in [0.3, 0.4) is 0 Å². The fraction of sp³-hybridized carbons (Fsp3) is 0.625. The van der Waals surface area contributed by atoms with Crippen molar-refractivity contribution >= 4 is 22.3 Å². The molecule has 3 heterocycles. The van der Waals surface area contributed by atoms with Gasteiger partial charge >= 0.3 is 22.1 Å². The van der Waals surface area contributed by atoms with Gasteiger partial charge in [-0.3, -0.25) is 23.3 Å². The van der Waals surface area contributed by atoms with E-state index in [2.05, 4.69) is 17.2 Å². The van der Waals surface area contributed by atoms with Crippen LogP contribution in [0.15, 0.2) is 52.2 Å². The van der Waals surface area contributed by atoms with E-state index in [-0.39, 0.29) is 12.5 Å². The number of fused-ring (bicyclic) bond motifs is 1. The van der Waals surface area contributed by atoms with E-state index in [9.17, 15) is 27.6 Å². The van der Waals surface area contributed by atoms with E-state index in [1.165, 1.54) is 25.5 Å². The topological polar surface area (TPSA) is 193 Å². The molecule has 0 bridgehead atoms. The highest BCUT2D eigenvalue weighted by Gasteiger charge is 2.56. The van der Waals surface area contributed by atoms with E-state index >= 15 is 0 Å². The number of carbonyl (C=O) groups excluding carboxylic acids is 2. The number of hydrogen-bond donors (Lipinski definition) is 3. The van der Waals surface area contributed by atoms with Crippen molar-refractivity contribution < 1.29 is 41.1 Å². The van der Waals surface area contributed by atoms with Gasteiger partial charge in [0.25, 0.3) is 5.56 Å². The summed E-state index contributed by atoms with van der Waals surface area (Å²) < 4.78 is 56.0. The molecule has 1 aromatic carbocycles. The number of rotatable bonds is 18. The first-order chi connectivity index (χ1) is 22.9. The second kappa shape index (κ2) is 17.2. The lowest BCUT2D eigenvalue weighted by Gasteiger charge is -2.24. The number of ether oxygens (including phenoxy) is 4. The molecule has 2 amide bonds. The van der Waals surface area contributed by atoms with Gasteiger partial charge in [-0.25, -0.2) is 9.59 Å². The van der Waals surface area contributed by atoms with E-state index in [1.54, 1.807) is 18.6 Å². The van der Waals surface area contributed by atoms with Crippen molar-refractivity contribution in [3.05, 3.63) is 69.0 Å². The number of aromatic nitrogens is 2. The molecule has 3 N–H and O–H groups in total. The fourth-order valence-electron chi connectivity index (χ4n) is 5.73. The van der Waals surface area contributed by atoms with Gasteiger partial charge in [0.05, 0.1) is 12.6 Å². The largest absolute Gasteiger partial charge is 0.447 e. The highest BCUT2D eigenvalue weighted by Crippen LogP contribution is 2.42. The normalized spacial score (nSPS) is 22.1. The van der Waals surface area contributed by atoms with Gasteiger partial charge in [0, 0.05) is 18.7 Å². The van der Waals surface area contributed by atoms with Crippen molar-refractivity contribution in [2.24, 2.45) is 0 Å². The maximum atomic E-state index is 12.7. The molecule has 2 aromatic rings. The lowest BCUT2D eigenvalue weighted by molar-refractivity contribution is -0.199. The Bertz CT molecular complexity index is 1580. The van der Waals surface area contributed by atoms with Crippen molar-refractivity contribution in [1.29, 1.82) is 0 Å². The summed E-state index contributed by atoms with van der Waals surface area (Å²) in [5, 5.41) is 2.90. The van der Waals surface area contributed by atoms with Crippen LogP contribution in [0.5, 0.6) is 0 Å². The van der Waals surface area contributed by atoms with E-state index < -0.39 is 70.6 Å². The third-order valence-electron chi connectivity index (χ3n) is 7.96. The first-order valence-electron chi connectivity index (χ1n) is 16.4. The number of H-pyrrole nitrogens is 1. The predicted octanol–water partition coefficient (Wildman–Crippen LogP) is 2.81. The average molecular weight is 695 g/mol. The van der Waals surface area contributed by atoms with Crippen LogP contribution in [0.25, 0.3) is 0 Å². The monoisotopic (exact) mass is 694 g/mol. The van der Waals surface area contributed by atoms with Crippen LogP contribution in [0.4, 0.5) is 4.79 Å². The quantitative estimate of drug-likeness (QED) is 0.194. The molecule has 266 valence electrons. The molecule has 16 heteroatoms. The molecule has 0 radical (unpaired) electrons. The molecular weight excluding hydrogens is 648 g/mol. The van der Waals surface area contributed by atoms with Gasteiger partial charge in [-0.1, -0.05) is 75.8 Å². The molecule has 2 saturated heterocycles. The third kappa shape index (κ3) is 11.3. The fourth-order valence-corrected chi connectivity index (χ4v) is 6.37. The van der Waals surface area contributed by atoms with Crippen molar-refractivity contribution in [3.8, 4) is 0 Å². The van der Waals surface area contributed by atoms with Crippen LogP contribution in [0.2, 0.25) is 0 Å². The first kappa shape index (κ1) is 37.3. The number of nitrogens with one attached hydrogen (secondary N) is 3. The summed E-state index contributed by atoms with van der Waals surface area (Å²) in [5.74, 6) is -1.26. The summed E-state index contributed by atoms with van der Waals surface area (Å²) >= 11 is 0. The molecule has 2 aliphatic heterocycles.